The Labute approximate surface area is 156 Å². The first-order valence-corrected chi connectivity index (χ1v) is 8.43. The lowest BCUT2D eigenvalue weighted by atomic mass is 9.99. The highest BCUT2D eigenvalue weighted by Crippen LogP contribution is 2.27. The van der Waals surface area contributed by atoms with Gasteiger partial charge in [0, 0.05) is 11.6 Å². The van der Waals surface area contributed by atoms with Crippen molar-refractivity contribution in [2.24, 2.45) is 5.10 Å². The van der Waals surface area contributed by atoms with Gasteiger partial charge in [0.05, 0.1) is 11.1 Å². The van der Waals surface area contributed by atoms with Gasteiger partial charge in [-0.3, -0.25) is 14.9 Å². The van der Waals surface area contributed by atoms with E-state index in [0.717, 1.165) is 12.6 Å². The predicted octanol–water partition coefficient (Wildman–Crippen LogP) is 3.34. The Morgan fingerprint density at radius 3 is 2.67 bits per heavy atom. The number of phenols is 1. The van der Waals surface area contributed by atoms with Crippen LogP contribution in [0, 0.1) is 10.1 Å². The molecule has 0 fully saturated rings. The average Bonchev–Trinajstić information content (AvgIpc) is 2.67. The number of nitro groups is 1. The molecule has 0 bridgehead atoms. The molecule has 0 spiro atoms. The first-order chi connectivity index (χ1) is 12.9. The molecule has 2 N–H and O–H groups in total. The van der Waals surface area contributed by atoms with Crippen LogP contribution in [0.2, 0.25) is 0 Å². The molecule has 0 aliphatic rings. The van der Waals surface area contributed by atoms with Crippen molar-refractivity contribution in [1.82, 2.24) is 5.43 Å². The van der Waals surface area contributed by atoms with E-state index in [1.807, 2.05) is 12.1 Å². The molecule has 0 saturated carbocycles. The lowest BCUT2D eigenvalue weighted by molar-refractivity contribution is -0.385. The fourth-order valence-corrected chi connectivity index (χ4v) is 2.28. The van der Waals surface area contributed by atoms with Crippen LogP contribution in [0.4, 0.5) is 5.69 Å². The van der Waals surface area contributed by atoms with Crippen molar-refractivity contribution < 1.29 is 19.6 Å². The SMILES string of the molecule is CCC(C)c1ccc(OCC(=O)NN=Cc2cccc([N+](=O)[O-])c2O)cc1. The zero-order chi connectivity index (χ0) is 19.8. The molecule has 2 aromatic rings. The molecule has 2 rings (SSSR count). The Hall–Kier alpha value is -3.42. The number of phenolic OH excluding ortho intramolecular Hbond substituents is 1. The molecule has 0 aromatic heterocycles. The highest BCUT2D eigenvalue weighted by molar-refractivity contribution is 5.87. The van der Waals surface area contributed by atoms with Crippen molar-refractivity contribution in [3.05, 3.63) is 63.7 Å². The van der Waals surface area contributed by atoms with Gasteiger partial charge in [0.1, 0.15) is 5.75 Å². The van der Waals surface area contributed by atoms with E-state index in [9.17, 15) is 20.0 Å². The van der Waals surface area contributed by atoms with E-state index >= 15 is 0 Å². The van der Waals surface area contributed by atoms with Crippen molar-refractivity contribution in [3.63, 3.8) is 0 Å². The Kier molecular flexibility index (Phi) is 6.87. The van der Waals surface area contributed by atoms with Crippen LogP contribution in [0.25, 0.3) is 0 Å². The summed E-state index contributed by atoms with van der Waals surface area (Å²) in [5.74, 6) is 0.0137. The van der Waals surface area contributed by atoms with Gasteiger partial charge >= 0.3 is 5.69 Å². The van der Waals surface area contributed by atoms with Crippen molar-refractivity contribution in [2.75, 3.05) is 6.61 Å². The van der Waals surface area contributed by atoms with Gasteiger partial charge in [0.15, 0.2) is 6.61 Å². The number of carbonyl (C=O) groups is 1. The number of ether oxygens (including phenoxy) is 1. The van der Waals surface area contributed by atoms with E-state index in [1.54, 1.807) is 12.1 Å². The summed E-state index contributed by atoms with van der Waals surface area (Å²) in [4.78, 5) is 21.8. The van der Waals surface area contributed by atoms with E-state index < -0.39 is 22.3 Å². The minimum atomic E-state index is -0.703. The van der Waals surface area contributed by atoms with Crippen molar-refractivity contribution in [1.29, 1.82) is 0 Å². The van der Waals surface area contributed by atoms with Crippen molar-refractivity contribution >= 4 is 17.8 Å². The number of hydrogen-bond acceptors (Lipinski definition) is 6. The van der Waals surface area contributed by atoms with Crippen LogP contribution >= 0.6 is 0 Å². The maximum absolute atomic E-state index is 11.8. The number of nitrogens with zero attached hydrogens (tertiary/aromatic N) is 2. The van der Waals surface area contributed by atoms with Crippen LogP contribution in [0.3, 0.4) is 0 Å². The van der Waals surface area contributed by atoms with Crippen LogP contribution in [0.5, 0.6) is 11.5 Å². The predicted molar refractivity (Wildman–Crippen MR) is 101 cm³/mol. The Morgan fingerprint density at radius 1 is 1.33 bits per heavy atom. The first-order valence-electron chi connectivity index (χ1n) is 8.43. The highest BCUT2D eigenvalue weighted by atomic mass is 16.6. The number of amides is 1. The normalized spacial score (nSPS) is 11.9. The van der Waals surface area contributed by atoms with Crippen molar-refractivity contribution in [3.8, 4) is 11.5 Å². The molecule has 142 valence electrons. The van der Waals surface area contributed by atoms with Gasteiger partial charge in [-0.1, -0.05) is 32.0 Å². The third kappa shape index (κ3) is 5.53. The molecule has 2 aromatic carbocycles. The number of hydrazone groups is 1. The lowest BCUT2D eigenvalue weighted by Gasteiger charge is -2.10. The largest absolute Gasteiger partial charge is 0.502 e. The summed E-state index contributed by atoms with van der Waals surface area (Å²) < 4.78 is 5.39. The Morgan fingerprint density at radius 2 is 2.04 bits per heavy atom. The topological polar surface area (TPSA) is 114 Å². The van der Waals surface area contributed by atoms with E-state index in [4.69, 9.17) is 4.74 Å². The summed E-state index contributed by atoms with van der Waals surface area (Å²) in [5.41, 5.74) is 3.13. The molecule has 8 nitrogen and oxygen atoms in total. The van der Waals surface area contributed by atoms with Crippen LogP contribution in [-0.4, -0.2) is 28.8 Å². The van der Waals surface area contributed by atoms with Crippen LogP contribution in [0.15, 0.2) is 47.6 Å². The maximum Gasteiger partial charge on any atom is 0.311 e. The van der Waals surface area contributed by atoms with Gasteiger partial charge in [-0.25, -0.2) is 5.43 Å². The van der Waals surface area contributed by atoms with Crippen LogP contribution in [0.1, 0.15) is 37.3 Å². The molecule has 0 saturated heterocycles. The number of para-hydroxylation sites is 1. The molecule has 1 amide bonds. The third-order valence-electron chi connectivity index (χ3n) is 4.07. The van der Waals surface area contributed by atoms with E-state index in [0.29, 0.717) is 11.7 Å². The van der Waals surface area contributed by atoms with Gasteiger partial charge in [-0.15, -0.1) is 0 Å². The lowest BCUT2D eigenvalue weighted by Crippen LogP contribution is -2.24. The minimum Gasteiger partial charge on any atom is -0.502 e. The second kappa shape index (κ2) is 9.33. The number of nitrogens with one attached hydrogen (secondary N) is 1. The summed E-state index contributed by atoms with van der Waals surface area (Å²) >= 11 is 0. The van der Waals surface area contributed by atoms with Crippen LogP contribution < -0.4 is 10.2 Å². The summed E-state index contributed by atoms with van der Waals surface area (Å²) in [7, 11) is 0. The second-order valence-electron chi connectivity index (χ2n) is 5.93. The summed E-state index contributed by atoms with van der Waals surface area (Å²) in [5, 5.41) is 24.2. The van der Waals surface area contributed by atoms with E-state index in [2.05, 4.69) is 24.4 Å². The molecule has 1 atom stereocenters. The highest BCUT2D eigenvalue weighted by Gasteiger charge is 2.15. The Bertz CT molecular complexity index is 834. The number of nitro benzene ring substituents is 1. The molecule has 1 unspecified atom stereocenters. The zero-order valence-corrected chi connectivity index (χ0v) is 15.1. The van der Waals surface area contributed by atoms with Crippen molar-refractivity contribution in [2.45, 2.75) is 26.2 Å². The molecule has 27 heavy (non-hydrogen) atoms. The average molecular weight is 371 g/mol. The smallest absolute Gasteiger partial charge is 0.311 e. The molecule has 0 heterocycles. The molecular weight excluding hydrogens is 350 g/mol. The van der Waals surface area contributed by atoms with Gasteiger partial charge in [0.25, 0.3) is 5.91 Å². The molecule has 0 aliphatic carbocycles. The second-order valence-corrected chi connectivity index (χ2v) is 5.93. The first kappa shape index (κ1) is 19.9. The summed E-state index contributed by atoms with van der Waals surface area (Å²) in [6.45, 7) is 4.02. The van der Waals surface area contributed by atoms with Crippen LogP contribution in [-0.2, 0) is 4.79 Å². The van der Waals surface area contributed by atoms with Gasteiger partial charge in [0.2, 0.25) is 5.75 Å². The standard InChI is InChI=1S/C19H21N3O5/c1-3-13(2)14-7-9-16(10-8-14)27-12-18(23)21-20-11-15-5-4-6-17(19(15)24)22(25)26/h4-11,13,24H,3,12H2,1-2H3,(H,21,23). The minimum absolute atomic E-state index is 0.117. The summed E-state index contributed by atoms with van der Waals surface area (Å²) in [6.07, 6.45) is 2.17. The molecular formula is C19H21N3O5. The Balaban J connectivity index is 1.87. The number of aromatic hydroxyl groups is 1. The quantitative estimate of drug-likeness (QED) is 0.420. The number of rotatable bonds is 8. The van der Waals surface area contributed by atoms with Gasteiger partial charge in [-0.05, 0) is 36.1 Å². The fourth-order valence-electron chi connectivity index (χ4n) is 2.28. The maximum atomic E-state index is 11.8. The molecule has 0 aliphatic heterocycles. The molecule has 8 heteroatoms. The zero-order valence-electron chi connectivity index (χ0n) is 15.1. The van der Waals surface area contributed by atoms with E-state index in [-0.39, 0.29) is 12.2 Å². The number of hydrogen-bond donors (Lipinski definition) is 2. The number of benzene rings is 2. The van der Waals surface area contributed by atoms with Gasteiger partial charge < -0.3 is 9.84 Å². The fraction of sp³-hybridized carbons (Fsp3) is 0.263. The number of carbonyl (C=O) groups excluding carboxylic acids is 1. The van der Waals surface area contributed by atoms with E-state index in [1.165, 1.54) is 23.8 Å². The summed E-state index contributed by atoms with van der Waals surface area (Å²) in [6, 6.07) is 11.6. The monoisotopic (exact) mass is 371 g/mol. The van der Waals surface area contributed by atoms with Gasteiger partial charge in [-0.2, -0.15) is 5.10 Å². The third-order valence-corrected chi connectivity index (χ3v) is 4.07. The molecule has 0 radical (unpaired) electrons.